The SMILES string of the molecule is Cc1cc(C(=O)NCC#N)ccc1O. The fourth-order valence-corrected chi connectivity index (χ4v) is 1.02. The minimum Gasteiger partial charge on any atom is -0.508 e. The smallest absolute Gasteiger partial charge is 0.252 e. The predicted molar refractivity (Wildman–Crippen MR) is 50.8 cm³/mol. The fraction of sp³-hybridized carbons (Fsp3) is 0.200. The zero-order valence-corrected chi connectivity index (χ0v) is 7.74. The molecule has 4 heteroatoms. The molecule has 14 heavy (non-hydrogen) atoms. The van der Waals surface area contributed by atoms with E-state index < -0.39 is 0 Å². The summed E-state index contributed by atoms with van der Waals surface area (Å²) in [5.41, 5.74) is 1.07. The van der Waals surface area contributed by atoms with E-state index in [9.17, 15) is 9.90 Å². The molecule has 1 aromatic rings. The summed E-state index contributed by atoms with van der Waals surface area (Å²) in [6, 6.07) is 6.35. The molecule has 0 bridgehead atoms. The molecule has 1 amide bonds. The first-order valence-electron chi connectivity index (χ1n) is 4.10. The molecule has 0 atom stereocenters. The van der Waals surface area contributed by atoms with Crippen LogP contribution in [-0.4, -0.2) is 17.6 Å². The van der Waals surface area contributed by atoms with Crippen molar-refractivity contribution in [3.63, 3.8) is 0 Å². The second kappa shape index (κ2) is 4.28. The molecular weight excluding hydrogens is 180 g/mol. The maximum absolute atomic E-state index is 11.3. The fourth-order valence-electron chi connectivity index (χ4n) is 1.02. The molecule has 4 nitrogen and oxygen atoms in total. The van der Waals surface area contributed by atoms with E-state index in [-0.39, 0.29) is 18.2 Å². The molecule has 0 unspecified atom stereocenters. The largest absolute Gasteiger partial charge is 0.508 e. The van der Waals surface area contributed by atoms with Crippen LogP contribution in [0.3, 0.4) is 0 Å². The van der Waals surface area contributed by atoms with Gasteiger partial charge in [0.1, 0.15) is 12.3 Å². The number of aryl methyl sites for hydroxylation is 1. The summed E-state index contributed by atoms with van der Waals surface area (Å²) in [5, 5.41) is 19.9. The van der Waals surface area contributed by atoms with E-state index in [0.29, 0.717) is 11.1 Å². The molecule has 0 saturated carbocycles. The number of aromatic hydroxyl groups is 1. The zero-order valence-electron chi connectivity index (χ0n) is 7.74. The van der Waals surface area contributed by atoms with Gasteiger partial charge in [-0.15, -0.1) is 0 Å². The van der Waals surface area contributed by atoms with Crippen LogP contribution >= 0.6 is 0 Å². The third-order valence-corrected chi connectivity index (χ3v) is 1.79. The summed E-state index contributed by atoms with van der Waals surface area (Å²) in [4.78, 5) is 11.3. The summed E-state index contributed by atoms with van der Waals surface area (Å²) in [6.45, 7) is 1.69. The van der Waals surface area contributed by atoms with E-state index >= 15 is 0 Å². The Bertz CT molecular complexity index is 394. The number of rotatable bonds is 2. The third kappa shape index (κ3) is 2.23. The van der Waals surface area contributed by atoms with Gasteiger partial charge in [0.25, 0.3) is 5.91 Å². The van der Waals surface area contributed by atoms with Crippen molar-refractivity contribution < 1.29 is 9.90 Å². The van der Waals surface area contributed by atoms with Crippen molar-refractivity contribution in [2.75, 3.05) is 6.54 Å². The van der Waals surface area contributed by atoms with E-state index in [1.54, 1.807) is 13.0 Å². The number of nitrogens with one attached hydrogen (secondary N) is 1. The maximum atomic E-state index is 11.3. The number of nitriles is 1. The average molecular weight is 190 g/mol. The lowest BCUT2D eigenvalue weighted by molar-refractivity contribution is 0.0958. The van der Waals surface area contributed by atoms with Crippen molar-refractivity contribution in [1.82, 2.24) is 5.32 Å². The Balaban J connectivity index is 2.82. The van der Waals surface area contributed by atoms with Crippen LogP contribution in [-0.2, 0) is 0 Å². The number of nitrogens with zero attached hydrogens (tertiary/aromatic N) is 1. The lowest BCUT2D eigenvalue weighted by Crippen LogP contribution is -2.23. The number of carbonyl (C=O) groups excluding carboxylic acids is 1. The second-order valence-electron chi connectivity index (χ2n) is 2.84. The van der Waals surface area contributed by atoms with Gasteiger partial charge in [-0.05, 0) is 30.7 Å². The molecule has 0 aliphatic carbocycles. The highest BCUT2D eigenvalue weighted by Crippen LogP contribution is 2.16. The van der Waals surface area contributed by atoms with Crippen LogP contribution in [0.1, 0.15) is 15.9 Å². The van der Waals surface area contributed by atoms with Gasteiger partial charge in [0.2, 0.25) is 0 Å². The van der Waals surface area contributed by atoms with E-state index in [0.717, 1.165) is 0 Å². The van der Waals surface area contributed by atoms with Gasteiger partial charge in [-0.1, -0.05) is 0 Å². The molecule has 72 valence electrons. The van der Waals surface area contributed by atoms with Gasteiger partial charge in [-0.2, -0.15) is 5.26 Å². The van der Waals surface area contributed by atoms with Crippen molar-refractivity contribution in [2.24, 2.45) is 0 Å². The van der Waals surface area contributed by atoms with E-state index in [2.05, 4.69) is 5.32 Å². The molecular formula is C10H10N2O2. The molecule has 0 aromatic heterocycles. The molecule has 0 radical (unpaired) electrons. The Morgan fingerprint density at radius 1 is 1.64 bits per heavy atom. The number of benzene rings is 1. The quantitative estimate of drug-likeness (QED) is 0.682. The summed E-state index contributed by atoms with van der Waals surface area (Å²) in [5.74, 6) is -0.156. The van der Waals surface area contributed by atoms with Gasteiger partial charge < -0.3 is 10.4 Å². The minimum absolute atomic E-state index is 0.0151. The highest BCUT2D eigenvalue weighted by Gasteiger charge is 2.05. The molecule has 0 heterocycles. The Morgan fingerprint density at radius 2 is 2.36 bits per heavy atom. The van der Waals surface area contributed by atoms with Crippen molar-refractivity contribution in [2.45, 2.75) is 6.92 Å². The maximum Gasteiger partial charge on any atom is 0.252 e. The topological polar surface area (TPSA) is 73.1 Å². The monoisotopic (exact) mass is 190 g/mol. The van der Waals surface area contributed by atoms with Crippen LogP contribution in [0.4, 0.5) is 0 Å². The summed E-state index contributed by atoms with van der Waals surface area (Å²) in [7, 11) is 0. The summed E-state index contributed by atoms with van der Waals surface area (Å²) in [6.07, 6.45) is 0. The second-order valence-corrected chi connectivity index (χ2v) is 2.84. The van der Waals surface area contributed by atoms with Crippen LogP contribution in [0.25, 0.3) is 0 Å². The van der Waals surface area contributed by atoms with Gasteiger partial charge in [0.05, 0.1) is 6.07 Å². The third-order valence-electron chi connectivity index (χ3n) is 1.79. The molecule has 0 aliphatic heterocycles. The van der Waals surface area contributed by atoms with Crippen LogP contribution in [0.15, 0.2) is 18.2 Å². The number of amides is 1. The highest BCUT2D eigenvalue weighted by atomic mass is 16.3. The molecule has 2 N–H and O–H groups in total. The molecule has 0 fully saturated rings. The van der Waals surface area contributed by atoms with Crippen LogP contribution in [0.2, 0.25) is 0 Å². The van der Waals surface area contributed by atoms with Crippen molar-refractivity contribution in [1.29, 1.82) is 5.26 Å². The lowest BCUT2D eigenvalue weighted by atomic mass is 10.1. The first kappa shape index (κ1) is 10.1. The first-order valence-corrected chi connectivity index (χ1v) is 4.10. The molecule has 0 spiro atoms. The minimum atomic E-state index is -0.311. The van der Waals surface area contributed by atoms with E-state index in [4.69, 9.17) is 5.26 Å². The van der Waals surface area contributed by atoms with E-state index in [1.165, 1.54) is 12.1 Å². The van der Waals surface area contributed by atoms with Crippen molar-refractivity contribution >= 4 is 5.91 Å². The van der Waals surface area contributed by atoms with Crippen LogP contribution < -0.4 is 5.32 Å². The zero-order chi connectivity index (χ0) is 10.6. The van der Waals surface area contributed by atoms with Crippen LogP contribution in [0.5, 0.6) is 5.75 Å². The lowest BCUT2D eigenvalue weighted by Gasteiger charge is -2.03. The number of carbonyl (C=O) groups is 1. The molecule has 0 saturated heterocycles. The van der Waals surface area contributed by atoms with E-state index in [1.807, 2.05) is 6.07 Å². The van der Waals surface area contributed by atoms with Crippen molar-refractivity contribution in [3.05, 3.63) is 29.3 Å². The van der Waals surface area contributed by atoms with Crippen LogP contribution in [0, 0.1) is 18.3 Å². The van der Waals surface area contributed by atoms with Gasteiger partial charge >= 0.3 is 0 Å². The Morgan fingerprint density at radius 3 is 2.93 bits per heavy atom. The normalized spacial score (nSPS) is 9.14. The number of hydrogen-bond donors (Lipinski definition) is 2. The van der Waals surface area contributed by atoms with Gasteiger partial charge in [-0.3, -0.25) is 4.79 Å². The Labute approximate surface area is 81.8 Å². The number of hydrogen-bond acceptors (Lipinski definition) is 3. The summed E-state index contributed by atoms with van der Waals surface area (Å²) < 4.78 is 0. The Hall–Kier alpha value is -2.02. The molecule has 0 aliphatic rings. The van der Waals surface area contributed by atoms with Crippen molar-refractivity contribution in [3.8, 4) is 11.8 Å². The first-order chi connectivity index (χ1) is 6.65. The van der Waals surface area contributed by atoms with Gasteiger partial charge in [0.15, 0.2) is 0 Å². The molecule has 1 aromatic carbocycles. The molecule has 1 rings (SSSR count). The number of phenols is 1. The van der Waals surface area contributed by atoms with Gasteiger partial charge in [0, 0.05) is 5.56 Å². The highest BCUT2D eigenvalue weighted by molar-refractivity contribution is 5.94. The van der Waals surface area contributed by atoms with Gasteiger partial charge in [-0.25, -0.2) is 0 Å². The summed E-state index contributed by atoms with van der Waals surface area (Å²) >= 11 is 0. The predicted octanol–water partition coefficient (Wildman–Crippen LogP) is 0.954. The average Bonchev–Trinajstić information content (AvgIpc) is 2.18. The standard InChI is InChI=1S/C10H10N2O2/c1-7-6-8(2-3-9(7)13)10(14)12-5-4-11/h2-3,6,13H,5H2,1H3,(H,12,14). The number of phenolic OH excluding ortho intramolecular Hbond substituents is 1. The Kier molecular flexibility index (Phi) is 3.08.